The monoisotopic (exact) mass is 434 g/mol. The number of nitrogens with one attached hydrogen (secondary N) is 1. The number of nitrogens with zero attached hydrogens (tertiary/aromatic N) is 1. The Morgan fingerprint density at radius 1 is 1.03 bits per heavy atom. The maximum Gasteiger partial charge on any atom is 0.264 e. The number of halogens is 1. The van der Waals surface area contributed by atoms with Gasteiger partial charge in [0.1, 0.15) is 12.4 Å². The zero-order chi connectivity index (χ0) is 20.9. The molecule has 3 aromatic carbocycles. The van der Waals surface area contributed by atoms with Crippen LogP contribution in [0.1, 0.15) is 16.7 Å². The number of ether oxygens (including phenoxy) is 1. The van der Waals surface area contributed by atoms with Gasteiger partial charge >= 0.3 is 0 Å². The van der Waals surface area contributed by atoms with Crippen LogP contribution in [0.4, 0.5) is 5.69 Å². The first-order chi connectivity index (χ1) is 14.6. The lowest BCUT2D eigenvalue weighted by atomic mass is 10.2. The van der Waals surface area contributed by atoms with Crippen LogP contribution in [0.5, 0.6) is 5.75 Å². The minimum atomic E-state index is -0.168. The van der Waals surface area contributed by atoms with Crippen LogP contribution in [0.15, 0.2) is 82.7 Å². The van der Waals surface area contributed by atoms with Gasteiger partial charge < -0.3 is 10.1 Å². The highest BCUT2D eigenvalue weighted by molar-refractivity contribution is 8.18. The topological polar surface area (TPSA) is 50.7 Å². The molecule has 3 aromatic rings. The van der Waals surface area contributed by atoms with Gasteiger partial charge in [0.25, 0.3) is 5.91 Å². The zero-order valence-electron chi connectivity index (χ0n) is 16.3. The number of carbonyl (C=O) groups is 1. The molecule has 0 spiro atoms. The van der Waals surface area contributed by atoms with Crippen molar-refractivity contribution in [3.8, 4) is 5.75 Å². The number of rotatable bonds is 5. The summed E-state index contributed by atoms with van der Waals surface area (Å²) in [6.07, 6.45) is 1.83. The summed E-state index contributed by atoms with van der Waals surface area (Å²) >= 11 is 7.25. The quantitative estimate of drug-likeness (QED) is 0.492. The smallest absolute Gasteiger partial charge is 0.264 e. The van der Waals surface area contributed by atoms with Crippen LogP contribution in [-0.2, 0) is 11.4 Å². The van der Waals surface area contributed by atoms with Crippen molar-refractivity contribution >= 4 is 46.2 Å². The lowest BCUT2D eigenvalue weighted by Gasteiger charge is -2.09. The summed E-state index contributed by atoms with van der Waals surface area (Å²) in [6.45, 7) is 2.44. The normalized spacial score (nSPS) is 16.1. The molecule has 0 saturated carbocycles. The fourth-order valence-corrected chi connectivity index (χ4v) is 3.79. The van der Waals surface area contributed by atoms with Crippen molar-refractivity contribution in [1.82, 2.24) is 5.32 Å². The fraction of sp³-hybridized carbons (Fsp3) is 0.0833. The summed E-state index contributed by atoms with van der Waals surface area (Å²) in [5.41, 5.74) is 3.82. The van der Waals surface area contributed by atoms with E-state index >= 15 is 0 Å². The van der Waals surface area contributed by atoms with Crippen LogP contribution < -0.4 is 10.1 Å². The second kappa shape index (κ2) is 9.20. The molecule has 1 saturated heterocycles. The number of carbonyl (C=O) groups excluding carboxylic acids is 1. The number of amides is 1. The third-order valence-electron chi connectivity index (χ3n) is 4.43. The Labute approximate surface area is 184 Å². The molecule has 1 amide bonds. The van der Waals surface area contributed by atoms with Crippen LogP contribution in [-0.4, -0.2) is 11.1 Å². The third-order valence-corrected chi connectivity index (χ3v) is 5.59. The van der Waals surface area contributed by atoms with Gasteiger partial charge in [0, 0.05) is 10.6 Å². The number of para-hydroxylation sites is 1. The largest absolute Gasteiger partial charge is 0.488 e. The van der Waals surface area contributed by atoms with Crippen LogP contribution in [0.2, 0.25) is 5.02 Å². The van der Waals surface area contributed by atoms with Gasteiger partial charge in [-0.2, -0.15) is 0 Å². The number of aryl methyl sites for hydroxylation is 1. The van der Waals surface area contributed by atoms with Gasteiger partial charge in [0.15, 0.2) is 5.17 Å². The molecule has 1 aliphatic heterocycles. The molecule has 0 unspecified atom stereocenters. The standard InChI is InChI=1S/C24H19ClN2O2S/c1-16-6-12-20(13-7-16)26-24-27-23(28)22(30-24)14-18-4-2-3-5-21(18)29-15-17-8-10-19(25)11-9-17/h2-14H,15H2,1H3,(H,26,27,28). The number of amidine groups is 1. The number of thioether (sulfide) groups is 1. The number of hydrogen-bond acceptors (Lipinski definition) is 4. The van der Waals surface area contributed by atoms with E-state index in [-0.39, 0.29) is 5.91 Å². The first-order valence-electron chi connectivity index (χ1n) is 9.39. The van der Waals surface area contributed by atoms with Crippen molar-refractivity contribution in [1.29, 1.82) is 0 Å². The number of aliphatic imine (C=N–C) groups is 1. The van der Waals surface area contributed by atoms with E-state index in [4.69, 9.17) is 16.3 Å². The molecule has 4 rings (SSSR count). The Bertz CT molecular complexity index is 1120. The van der Waals surface area contributed by atoms with Crippen LogP contribution in [0.3, 0.4) is 0 Å². The maximum absolute atomic E-state index is 12.4. The van der Waals surface area contributed by atoms with Gasteiger partial charge in [-0.05, 0) is 60.7 Å². The van der Waals surface area contributed by atoms with E-state index in [2.05, 4.69) is 10.3 Å². The van der Waals surface area contributed by atoms with E-state index in [1.807, 2.05) is 85.8 Å². The second-order valence-corrected chi connectivity index (χ2v) is 8.24. The van der Waals surface area contributed by atoms with Crippen molar-refractivity contribution < 1.29 is 9.53 Å². The molecule has 1 fully saturated rings. The van der Waals surface area contributed by atoms with E-state index in [9.17, 15) is 4.79 Å². The molecule has 1 heterocycles. The lowest BCUT2D eigenvalue weighted by Crippen LogP contribution is -2.19. The molecule has 0 radical (unpaired) electrons. The van der Waals surface area contributed by atoms with Gasteiger partial charge in [-0.15, -0.1) is 0 Å². The highest BCUT2D eigenvalue weighted by atomic mass is 35.5. The summed E-state index contributed by atoms with van der Waals surface area (Å²) in [6, 6.07) is 23.0. The van der Waals surface area contributed by atoms with Gasteiger partial charge in [0.2, 0.25) is 0 Å². The van der Waals surface area contributed by atoms with E-state index in [0.29, 0.717) is 27.5 Å². The Morgan fingerprint density at radius 3 is 2.53 bits per heavy atom. The van der Waals surface area contributed by atoms with Crippen LogP contribution in [0.25, 0.3) is 6.08 Å². The summed E-state index contributed by atoms with van der Waals surface area (Å²) in [5, 5.41) is 4.08. The number of benzene rings is 3. The van der Waals surface area contributed by atoms with Crippen LogP contribution in [0, 0.1) is 6.92 Å². The average Bonchev–Trinajstić information content (AvgIpc) is 3.09. The van der Waals surface area contributed by atoms with Crippen molar-refractivity contribution in [2.45, 2.75) is 13.5 Å². The SMILES string of the molecule is Cc1ccc(N=C2NC(=O)C(=Cc3ccccc3OCc3ccc(Cl)cc3)S2)cc1. The Hall–Kier alpha value is -3.02. The summed E-state index contributed by atoms with van der Waals surface area (Å²) < 4.78 is 5.98. The highest BCUT2D eigenvalue weighted by Gasteiger charge is 2.24. The molecule has 1 aliphatic rings. The average molecular weight is 435 g/mol. The molecule has 1 N–H and O–H groups in total. The van der Waals surface area contributed by atoms with E-state index in [1.54, 1.807) is 0 Å². The predicted octanol–water partition coefficient (Wildman–Crippen LogP) is 6.12. The number of hydrogen-bond donors (Lipinski definition) is 1. The zero-order valence-corrected chi connectivity index (χ0v) is 17.8. The third kappa shape index (κ3) is 5.12. The molecular formula is C24H19ClN2O2S. The van der Waals surface area contributed by atoms with Gasteiger partial charge in [-0.3, -0.25) is 4.79 Å². The van der Waals surface area contributed by atoms with Gasteiger partial charge in [-0.25, -0.2) is 4.99 Å². The molecule has 150 valence electrons. The minimum Gasteiger partial charge on any atom is -0.488 e. The van der Waals surface area contributed by atoms with Crippen molar-refractivity contribution in [3.63, 3.8) is 0 Å². The summed E-state index contributed by atoms with van der Waals surface area (Å²) in [4.78, 5) is 17.5. The summed E-state index contributed by atoms with van der Waals surface area (Å²) in [5.74, 6) is 0.538. The Kier molecular flexibility index (Phi) is 6.21. The highest BCUT2D eigenvalue weighted by Crippen LogP contribution is 2.31. The molecule has 6 heteroatoms. The summed E-state index contributed by atoms with van der Waals surface area (Å²) in [7, 11) is 0. The van der Waals surface area contributed by atoms with Crippen LogP contribution >= 0.6 is 23.4 Å². The van der Waals surface area contributed by atoms with Gasteiger partial charge in [0.05, 0.1) is 10.6 Å². The Morgan fingerprint density at radius 2 is 1.77 bits per heavy atom. The van der Waals surface area contributed by atoms with Crippen molar-refractivity contribution in [2.75, 3.05) is 0 Å². The second-order valence-electron chi connectivity index (χ2n) is 6.77. The molecule has 0 bridgehead atoms. The molecule has 30 heavy (non-hydrogen) atoms. The molecular weight excluding hydrogens is 416 g/mol. The lowest BCUT2D eigenvalue weighted by molar-refractivity contribution is -0.115. The maximum atomic E-state index is 12.4. The Balaban J connectivity index is 1.51. The first-order valence-corrected chi connectivity index (χ1v) is 10.6. The molecule has 0 atom stereocenters. The van der Waals surface area contributed by atoms with E-state index < -0.39 is 0 Å². The first kappa shape index (κ1) is 20.3. The fourth-order valence-electron chi connectivity index (χ4n) is 2.83. The predicted molar refractivity (Wildman–Crippen MR) is 124 cm³/mol. The van der Waals surface area contributed by atoms with Gasteiger partial charge in [-0.1, -0.05) is 59.6 Å². The van der Waals surface area contributed by atoms with Crippen molar-refractivity contribution in [3.05, 3.63) is 99.4 Å². The molecule has 0 aliphatic carbocycles. The van der Waals surface area contributed by atoms with E-state index in [1.165, 1.54) is 11.8 Å². The minimum absolute atomic E-state index is 0.168. The molecule has 4 nitrogen and oxygen atoms in total. The van der Waals surface area contributed by atoms with Crippen molar-refractivity contribution in [2.24, 2.45) is 4.99 Å². The van der Waals surface area contributed by atoms with E-state index in [0.717, 1.165) is 22.4 Å². The molecule has 0 aromatic heterocycles.